The van der Waals surface area contributed by atoms with Gasteiger partial charge in [-0.3, -0.25) is 4.79 Å². The van der Waals surface area contributed by atoms with Gasteiger partial charge in [-0.1, -0.05) is 0 Å². The highest BCUT2D eigenvalue weighted by Crippen LogP contribution is 2.21. The van der Waals surface area contributed by atoms with Gasteiger partial charge in [-0.15, -0.1) is 0 Å². The predicted octanol–water partition coefficient (Wildman–Crippen LogP) is 0.135. The van der Waals surface area contributed by atoms with Crippen LogP contribution in [0.4, 0.5) is 0 Å². The zero-order valence-electron chi connectivity index (χ0n) is 9.71. The van der Waals surface area contributed by atoms with E-state index in [0.29, 0.717) is 11.3 Å². The van der Waals surface area contributed by atoms with Crippen LogP contribution >= 0.6 is 0 Å². The third kappa shape index (κ3) is 3.04. The van der Waals surface area contributed by atoms with Gasteiger partial charge in [0.25, 0.3) is 0 Å². The minimum atomic E-state index is -0.890. The molecule has 86 valence electrons. The molecule has 1 rings (SSSR count). The highest BCUT2D eigenvalue weighted by molar-refractivity contribution is 6.07. The Kier molecular flexibility index (Phi) is 4.29. The quantitative estimate of drug-likeness (QED) is 0.615. The van der Waals surface area contributed by atoms with Crippen LogP contribution in [0.1, 0.15) is 19.8 Å². The first-order valence-electron chi connectivity index (χ1n) is 5.35. The lowest BCUT2D eigenvalue weighted by atomic mass is 9.90. The first kappa shape index (κ1) is 12.2. The molecule has 0 saturated carbocycles. The lowest BCUT2D eigenvalue weighted by molar-refractivity contribution is -0.124. The highest BCUT2D eigenvalue weighted by Gasteiger charge is 2.34. The van der Waals surface area contributed by atoms with Crippen LogP contribution in [0, 0.1) is 0 Å². The van der Waals surface area contributed by atoms with Crippen LogP contribution < -0.4 is 5.32 Å². The van der Waals surface area contributed by atoms with Crippen LogP contribution in [-0.4, -0.2) is 49.1 Å². The number of nitrogens with one attached hydrogen (secondary N) is 1. The van der Waals surface area contributed by atoms with E-state index in [-0.39, 0.29) is 5.78 Å². The number of Topliss-reactive ketones (excluding diaryl/α,β-unsaturated/α-hetero) is 1. The Balaban J connectivity index is 2.14. The highest BCUT2D eigenvalue weighted by atomic mass is 16.3. The molecule has 4 heteroatoms. The Labute approximate surface area is 91.0 Å². The molecule has 0 aliphatic heterocycles. The monoisotopic (exact) mass is 212 g/mol. The molecule has 0 bridgehead atoms. The number of carbonyl (C=O) groups excluding carboxylic acids is 1. The number of carbonyl (C=O) groups is 1. The number of aliphatic hydroxyl groups excluding tert-OH is 1. The van der Waals surface area contributed by atoms with Gasteiger partial charge in [-0.25, -0.2) is 0 Å². The lowest BCUT2D eigenvalue weighted by Crippen LogP contribution is -2.42. The molecule has 0 fully saturated rings. The maximum Gasteiger partial charge on any atom is 0.194 e. The van der Waals surface area contributed by atoms with E-state index in [9.17, 15) is 9.90 Å². The number of hydrogen-bond donors (Lipinski definition) is 2. The second-order valence-corrected chi connectivity index (χ2v) is 4.24. The van der Waals surface area contributed by atoms with Gasteiger partial charge in [0, 0.05) is 12.1 Å². The maximum atomic E-state index is 11.0. The van der Waals surface area contributed by atoms with Crippen molar-refractivity contribution < 1.29 is 9.90 Å². The molecular formula is C11H20N2O2. The Morgan fingerprint density at radius 2 is 2.07 bits per heavy atom. The van der Waals surface area contributed by atoms with Gasteiger partial charge in [0.15, 0.2) is 11.9 Å². The minimum absolute atomic E-state index is 0.147. The van der Waals surface area contributed by atoms with Gasteiger partial charge in [-0.05, 0) is 40.4 Å². The van der Waals surface area contributed by atoms with E-state index < -0.39 is 6.10 Å². The van der Waals surface area contributed by atoms with E-state index in [0.717, 1.165) is 25.9 Å². The Hall–Kier alpha value is -0.870. The van der Waals surface area contributed by atoms with Crippen LogP contribution in [0.3, 0.4) is 0 Å². The fourth-order valence-corrected chi connectivity index (χ4v) is 1.60. The van der Waals surface area contributed by atoms with E-state index in [4.69, 9.17) is 0 Å². The third-order valence-corrected chi connectivity index (χ3v) is 2.64. The van der Waals surface area contributed by atoms with Gasteiger partial charge in [0.05, 0.1) is 5.70 Å². The molecule has 4 nitrogen and oxygen atoms in total. The second kappa shape index (κ2) is 5.28. The molecule has 1 atom stereocenters. The summed E-state index contributed by atoms with van der Waals surface area (Å²) in [7, 11) is 4.10. The molecule has 2 N–H and O–H groups in total. The lowest BCUT2D eigenvalue weighted by Gasteiger charge is -2.27. The van der Waals surface area contributed by atoms with Crippen molar-refractivity contribution in [1.29, 1.82) is 0 Å². The van der Waals surface area contributed by atoms with Gasteiger partial charge in [0.1, 0.15) is 0 Å². The number of hydrogen-bond acceptors (Lipinski definition) is 4. The molecule has 0 heterocycles. The summed E-state index contributed by atoms with van der Waals surface area (Å²) < 4.78 is 0. The number of nitrogens with zero attached hydrogens (tertiary/aromatic N) is 1. The topological polar surface area (TPSA) is 52.6 Å². The second-order valence-electron chi connectivity index (χ2n) is 4.24. The van der Waals surface area contributed by atoms with Crippen LogP contribution in [0.2, 0.25) is 0 Å². The molecule has 0 amide bonds. The van der Waals surface area contributed by atoms with Crippen molar-refractivity contribution in [3.63, 3.8) is 0 Å². The average Bonchev–Trinajstić information content (AvgIpc) is 2.21. The van der Waals surface area contributed by atoms with Crippen molar-refractivity contribution in [2.45, 2.75) is 25.9 Å². The standard InChI is InChI=1S/C11H20N2O2/c1-8-9(11(15)10(8)14)12-6-4-5-7-13(2)3/h11-12,15H,4-7H2,1-3H3. The van der Waals surface area contributed by atoms with Gasteiger partial charge < -0.3 is 15.3 Å². The molecule has 1 unspecified atom stereocenters. The average molecular weight is 212 g/mol. The molecule has 0 saturated heterocycles. The maximum absolute atomic E-state index is 11.0. The summed E-state index contributed by atoms with van der Waals surface area (Å²) in [6.45, 7) is 3.64. The van der Waals surface area contributed by atoms with Crippen molar-refractivity contribution in [1.82, 2.24) is 10.2 Å². The van der Waals surface area contributed by atoms with Crippen molar-refractivity contribution in [3.8, 4) is 0 Å². The number of unbranched alkanes of at least 4 members (excludes halogenated alkanes) is 1. The Morgan fingerprint density at radius 3 is 2.60 bits per heavy atom. The molecule has 0 spiro atoms. The van der Waals surface area contributed by atoms with E-state index in [1.54, 1.807) is 6.92 Å². The van der Waals surface area contributed by atoms with Crippen LogP contribution in [0.5, 0.6) is 0 Å². The molecule has 0 aromatic rings. The van der Waals surface area contributed by atoms with Crippen LogP contribution in [0.15, 0.2) is 11.3 Å². The summed E-state index contributed by atoms with van der Waals surface area (Å²) >= 11 is 0. The summed E-state index contributed by atoms with van der Waals surface area (Å²) in [6, 6.07) is 0. The van der Waals surface area contributed by atoms with Crippen molar-refractivity contribution >= 4 is 5.78 Å². The number of rotatable bonds is 6. The van der Waals surface area contributed by atoms with Gasteiger partial charge >= 0.3 is 0 Å². The minimum Gasteiger partial charge on any atom is -0.386 e. The summed E-state index contributed by atoms with van der Waals surface area (Å²) in [6.07, 6.45) is 1.28. The van der Waals surface area contributed by atoms with Gasteiger partial charge in [-0.2, -0.15) is 0 Å². The molecular weight excluding hydrogens is 192 g/mol. The zero-order chi connectivity index (χ0) is 11.4. The normalized spacial score (nSPS) is 20.9. The molecule has 0 radical (unpaired) electrons. The summed E-state index contributed by atoms with van der Waals surface area (Å²) in [5, 5.41) is 12.4. The van der Waals surface area contributed by atoms with Crippen molar-refractivity contribution in [2.75, 3.05) is 27.2 Å². The Bertz CT molecular complexity index is 272. The first-order valence-corrected chi connectivity index (χ1v) is 5.35. The molecule has 0 aromatic carbocycles. The van der Waals surface area contributed by atoms with Crippen molar-refractivity contribution in [3.05, 3.63) is 11.3 Å². The number of ketones is 1. The van der Waals surface area contributed by atoms with E-state index in [1.807, 2.05) is 0 Å². The first-order chi connectivity index (χ1) is 7.04. The fourth-order valence-electron chi connectivity index (χ4n) is 1.60. The van der Waals surface area contributed by atoms with E-state index in [1.165, 1.54) is 0 Å². The van der Waals surface area contributed by atoms with Crippen molar-refractivity contribution in [2.24, 2.45) is 0 Å². The van der Waals surface area contributed by atoms with Crippen LogP contribution in [0.25, 0.3) is 0 Å². The van der Waals surface area contributed by atoms with E-state index >= 15 is 0 Å². The summed E-state index contributed by atoms with van der Waals surface area (Å²) in [5.41, 5.74) is 1.39. The SMILES string of the molecule is CC1=C(NCCCCN(C)C)C(O)C1=O. The predicted molar refractivity (Wildman–Crippen MR) is 59.5 cm³/mol. The summed E-state index contributed by atoms with van der Waals surface area (Å²) in [4.78, 5) is 13.1. The van der Waals surface area contributed by atoms with E-state index in [2.05, 4.69) is 24.3 Å². The zero-order valence-corrected chi connectivity index (χ0v) is 9.71. The molecule has 15 heavy (non-hydrogen) atoms. The molecule has 0 aromatic heterocycles. The van der Waals surface area contributed by atoms with Crippen LogP contribution in [-0.2, 0) is 4.79 Å². The largest absolute Gasteiger partial charge is 0.386 e. The molecule has 1 aliphatic carbocycles. The van der Waals surface area contributed by atoms with Gasteiger partial charge in [0.2, 0.25) is 0 Å². The smallest absolute Gasteiger partial charge is 0.194 e. The third-order valence-electron chi connectivity index (χ3n) is 2.64. The number of aliphatic hydroxyl groups is 1. The molecule has 1 aliphatic rings. The fraction of sp³-hybridized carbons (Fsp3) is 0.727. The summed E-state index contributed by atoms with van der Waals surface area (Å²) in [5.74, 6) is -0.147. The Morgan fingerprint density at radius 1 is 1.40 bits per heavy atom.